The van der Waals surface area contributed by atoms with Gasteiger partial charge in [0.1, 0.15) is 0 Å². The highest BCUT2D eigenvalue weighted by molar-refractivity contribution is 7.54. The smallest absolute Gasteiger partial charge is 0.334 e. The predicted octanol–water partition coefficient (Wildman–Crippen LogP) is 2.64. The molecule has 8 nitrogen and oxygen atoms in total. The predicted molar refractivity (Wildman–Crippen MR) is 79.6 cm³/mol. The molecule has 0 fully saturated rings. The molecule has 120 valence electrons. The minimum absolute atomic E-state index is 0.0946. The van der Waals surface area contributed by atoms with E-state index in [9.17, 15) is 19.5 Å². The molecular formula is C13H16NO7P. The molecule has 0 spiro atoms. The average molecular weight is 329 g/mol. The van der Waals surface area contributed by atoms with Crippen molar-refractivity contribution in [3.8, 4) is 0 Å². The van der Waals surface area contributed by atoms with Crippen LogP contribution >= 0.6 is 7.60 Å². The molecule has 0 saturated heterocycles. The van der Waals surface area contributed by atoms with Crippen LogP contribution in [0.5, 0.6) is 0 Å². The van der Waals surface area contributed by atoms with E-state index in [4.69, 9.17) is 9.05 Å². The average Bonchev–Trinajstić information content (AvgIpc) is 2.53. The van der Waals surface area contributed by atoms with Crippen LogP contribution in [0.25, 0.3) is 5.57 Å². The summed E-state index contributed by atoms with van der Waals surface area (Å²) in [6.07, 6.45) is 0.971. The van der Waals surface area contributed by atoms with Gasteiger partial charge in [-0.2, -0.15) is 0 Å². The Morgan fingerprint density at radius 1 is 1.23 bits per heavy atom. The van der Waals surface area contributed by atoms with Crippen molar-refractivity contribution in [2.45, 2.75) is 0 Å². The maximum Gasteiger partial charge on any atom is 0.334 e. The molecule has 1 rings (SSSR count). The number of methoxy groups -OCH3 is 1. The third-order valence-electron chi connectivity index (χ3n) is 2.86. The van der Waals surface area contributed by atoms with Crippen molar-refractivity contribution in [1.29, 1.82) is 0 Å². The third-order valence-corrected chi connectivity index (χ3v) is 4.70. The van der Waals surface area contributed by atoms with Gasteiger partial charge in [0.2, 0.25) is 0 Å². The Morgan fingerprint density at radius 2 is 1.77 bits per heavy atom. The van der Waals surface area contributed by atoms with Gasteiger partial charge >= 0.3 is 13.6 Å². The fourth-order valence-electron chi connectivity index (χ4n) is 1.63. The number of carbonyl (C=O) groups is 1. The zero-order chi connectivity index (χ0) is 16.8. The Kier molecular flexibility index (Phi) is 6.42. The Balaban J connectivity index is 3.21. The first kappa shape index (κ1) is 18.0. The number of rotatable bonds is 7. The fraction of sp³-hybridized carbons (Fsp3) is 0.308. The zero-order valence-electron chi connectivity index (χ0n) is 12.3. The Morgan fingerprint density at radius 3 is 2.18 bits per heavy atom. The van der Waals surface area contributed by atoms with Crippen LogP contribution < -0.4 is 0 Å². The lowest BCUT2D eigenvalue weighted by Crippen LogP contribution is -2.03. The summed E-state index contributed by atoms with van der Waals surface area (Å²) in [7, 11) is 0.261. The highest BCUT2D eigenvalue weighted by atomic mass is 31.2. The van der Waals surface area contributed by atoms with E-state index in [1.165, 1.54) is 45.6 Å². The maximum atomic E-state index is 12.2. The van der Waals surface area contributed by atoms with Crippen LogP contribution in [-0.4, -0.2) is 38.4 Å². The van der Waals surface area contributed by atoms with Gasteiger partial charge < -0.3 is 13.8 Å². The van der Waals surface area contributed by atoms with Gasteiger partial charge in [-0.1, -0.05) is 0 Å². The number of carbonyl (C=O) groups excluding carboxylic acids is 1. The second kappa shape index (κ2) is 7.84. The lowest BCUT2D eigenvalue weighted by atomic mass is 10.1. The molecule has 0 aliphatic rings. The van der Waals surface area contributed by atoms with Crippen LogP contribution in [0.4, 0.5) is 5.69 Å². The van der Waals surface area contributed by atoms with Gasteiger partial charge in [0.25, 0.3) is 5.69 Å². The summed E-state index contributed by atoms with van der Waals surface area (Å²) in [4.78, 5) is 21.6. The number of hydrogen-bond donors (Lipinski definition) is 0. The van der Waals surface area contributed by atoms with Crippen molar-refractivity contribution in [3.63, 3.8) is 0 Å². The van der Waals surface area contributed by atoms with Crippen molar-refractivity contribution < 1.29 is 28.1 Å². The van der Waals surface area contributed by atoms with Crippen molar-refractivity contribution in [1.82, 2.24) is 0 Å². The number of hydrogen-bond acceptors (Lipinski definition) is 7. The Bertz CT molecular complexity index is 616. The number of nitro groups is 1. The summed E-state index contributed by atoms with van der Waals surface area (Å²) in [5.74, 6) is -0.646. The summed E-state index contributed by atoms with van der Waals surface area (Å²) in [5, 5.41) is 10.7. The van der Waals surface area contributed by atoms with Gasteiger partial charge in [0.05, 0.1) is 18.2 Å². The molecule has 0 radical (unpaired) electrons. The number of nitro benzene ring substituents is 1. The second-order valence-electron chi connectivity index (χ2n) is 4.13. The molecule has 9 heteroatoms. The molecule has 0 N–H and O–H groups in total. The summed E-state index contributed by atoms with van der Waals surface area (Å²) in [6, 6.07) is 5.46. The van der Waals surface area contributed by atoms with Crippen LogP contribution in [0, 0.1) is 10.1 Å². The molecule has 0 saturated carbocycles. The Hall–Kier alpha value is -2.02. The number of nitrogens with zero attached hydrogens (tertiary/aromatic N) is 1. The van der Waals surface area contributed by atoms with Crippen LogP contribution in [-0.2, 0) is 23.1 Å². The monoisotopic (exact) mass is 329 g/mol. The number of benzene rings is 1. The van der Waals surface area contributed by atoms with Crippen LogP contribution in [0.3, 0.4) is 0 Å². The van der Waals surface area contributed by atoms with Gasteiger partial charge in [-0.05, 0) is 23.3 Å². The normalized spacial score (nSPS) is 12.0. The highest BCUT2D eigenvalue weighted by Gasteiger charge is 2.24. The lowest BCUT2D eigenvalue weighted by molar-refractivity contribution is -0.384. The van der Waals surface area contributed by atoms with Crippen molar-refractivity contribution >= 4 is 24.8 Å². The molecule has 22 heavy (non-hydrogen) atoms. The zero-order valence-corrected chi connectivity index (χ0v) is 13.2. The standard InChI is InChI=1S/C13H16NO7P/c1-19-13(15)8-11(9-22(18,20-2)21-3)10-4-6-12(7-5-10)14(16)17/h4-8H,9H2,1-3H3/b11-8+. The molecule has 0 aliphatic carbocycles. The van der Waals surface area contributed by atoms with Gasteiger partial charge in [0.15, 0.2) is 0 Å². The van der Waals surface area contributed by atoms with E-state index in [0.717, 1.165) is 6.08 Å². The van der Waals surface area contributed by atoms with Crippen molar-refractivity contribution in [2.75, 3.05) is 27.5 Å². The van der Waals surface area contributed by atoms with E-state index in [-0.39, 0.29) is 11.8 Å². The lowest BCUT2D eigenvalue weighted by Gasteiger charge is -2.15. The molecule has 0 atom stereocenters. The second-order valence-corrected chi connectivity index (χ2v) is 6.40. The molecule has 0 unspecified atom stereocenters. The first-order valence-corrected chi connectivity index (χ1v) is 7.82. The van der Waals surface area contributed by atoms with Gasteiger partial charge in [-0.15, -0.1) is 0 Å². The van der Waals surface area contributed by atoms with E-state index in [1.807, 2.05) is 0 Å². The molecule has 0 bridgehead atoms. The van der Waals surface area contributed by atoms with E-state index >= 15 is 0 Å². The third kappa shape index (κ3) is 4.77. The van der Waals surface area contributed by atoms with Gasteiger partial charge in [-0.3, -0.25) is 14.7 Å². The van der Waals surface area contributed by atoms with Crippen LogP contribution in [0.2, 0.25) is 0 Å². The summed E-state index contributed by atoms with van der Waals surface area (Å²) in [5.41, 5.74) is 0.710. The molecule has 0 amide bonds. The summed E-state index contributed by atoms with van der Waals surface area (Å²) < 4.78 is 26.5. The topological polar surface area (TPSA) is 105 Å². The first-order chi connectivity index (χ1) is 10.3. The molecular weight excluding hydrogens is 313 g/mol. The van der Waals surface area contributed by atoms with Crippen LogP contribution in [0.1, 0.15) is 5.56 Å². The highest BCUT2D eigenvalue weighted by Crippen LogP contribution is 2.49. The number of esters is 1. The van der Waals surface area contributed by atoms with E-state index in [1.54, 1.807) is 0 Å². The molecule has 0 aliphatic heterocycles. The quantitative estimate of drug-likeness (QED) is 0.249. The summed E-state index contributed by atoms with van der Waals surface area (Å²) in [6.45, 7) is 0. The maximum absolute atomic E-state index is 12.2. The number of non-ortho nitro benzene ring substituents is 1. The first-order valence-electron chi connectivity index (χ1n) is 6.09. The minimum atomic E-state index is -3.41. The number of allylic oxidation sites excluding steroid dienone is 1. The van der Waals surface area contributed by atoms with Crippen LogP contribution in [0.15, 0.2) is 30.3 Å². The Labute approximate surface area is 127 Å². The molecule has 1 aromatic carbocycles. The van der Waals surface area contributed by atoms with E-state index in [2.05, 4.69) is 4.74 Å². The van der Waals surface area contributed by atoms with E-state index < -0.39 is 18.5 Å². The molecule has 1 aromatic rings. The van der Waals surface area contributed by atoms with Gasteiger partial charge in [-0.25, -0.2) is 4.79 Å². The molecule has 0 aromatic heterocycles. The molecule has 0 heterocycles. The van der Waals surface area contributed by atoms with Crippen molar-refractivity contribution in [2.24, 2.45) is 0 Å². The number of ether oxygens (including phenoxy) is 1. The SMILES string of the molecule is COC(=O)/C=C(\CP(=O)(OC)OC)c1ccc([N+](=O)[O-])cc1. The largest absolute Gasteiger partial charge is 0.466 e. The fourth-order valence-corrected chi connectivity index (χ4v) is 2.73. The van der Waals surface area contributed by atoms with Gasteiger partial charge in [0, 0.05) is 32.4 Å². The van der Waals surface area contributed by atoms with Crippen molar-refractivity contribution in [3.05, 3.63) is 46.0 Å². The minimum Gasteiger partial charge on any atom is -0.466 e. The summed E-state index contributed by atoms with van der Waals surface area (Å²) >= 11 is 0. The van der Waals surface area contributed by atoms with E-state index in [0.29, 0.717) is 11.1 Å².